The summed E-state index contributed by atoms with van der Waals surface area (Å²) in [6.07, 6.45) is 5.75. The normalized spacial score (nSPS) is 18.4. The van der Waals surface area contributed by atoms with Gasteiger partial charge in [-0.1, -0.05) is 30.3 Å². The molecule has 5 rings (SSSR count). The van der Waals surface area contributed by atoms with Gasteiger partial charge in [-0.15, -0.1) is 0 Å². The number of aromatic nitrogens is 3. The number of thiocarbonyl (C=S) groups is 1. The Hall–Kier alpha value is -3.51. The number of rotatable bonds is 5. The van der Waals surface area contributed by atoms with Gasteiger partial charge in [0, 0.05) is 30.0 Å². The van der Waals surface area contributed by atoms with Crippen LogP contribution in [0.2, 0.25) is 0 Å². The molecule has 2 atom stereocenters. The van der Waals surface area contributed by atoms with E-state index >= 15 is 0 Å². The Bertz CT molecular complexity index is 1130. The number of nitrogens with one attached hydrogen (secondary N) is 1. The van der Waals surface area contributed by atoms with Gasteiger partial charge in [0.15, 0.2) is 5.11 Å². The van der Waals surface area contributed by atoms with Crippen molar-refractivity contribution in [2.75, 3.05) is 0 Å². The molecular weight excluding hydrogens is 390 g/mol. The third kappa shape index (κ3) is 3.46. The molecule has 1 N–H and O–H groups in total. The van der Waals surface area contributed by atoms with Gasteiger partial charge < -0.3 is 14.8 Å². The number of hydrogen-bond donors (Lipinski definition) is 1. The fourth-order valence-electron chi connectivity index (χ4n) is 4.02. The summed E-state index contributed by atoms with van der Waals surface area (Å²) in [7, 11) is 0. The molecule has 3 aromatic heterocycles. The first-order valence-electron chi connectivity index (χ1n) is 9.92. The standard InChI is InChI=1S/C24H21N5S/c30-24-27-22(20-12-5-7-15-26-20)23(29(24)17-18-9-4-6-14-25-18)21-13-8-16-28(21)19-10-2-1-3-11-19/h1-16,22-23H,17H2,(H,27,30)/t22-,23+/m0/s1. The van der Waals surface area contributed by atoms with Crippen LogP contribution < -0.4 is 5.32 Å². The fraction of sp³-hybridized carbons (Fsp3) is 0.125. The second kappa shape index (κ2) is 8.08. The highest BCUT2D eigenvalue weighted by molar-refractivity contribution is 7.80. The molecule has 0 spiro atoms. The maximum absolute atomic E-state index is 5.78. The van der Waals surface area contributed by atoms with E-state index in [1.807, 2.05) is 54.9 Å². The van der Waals surface area contributed by atoms with E-state index in [9.17, 15) is 0 Å². The first-order valence-corrected chi connectivity index (χ1v) is 10.3. The zero-order valence-electron chi connectivity index (χ0n) is 16.3. The molecule has 30 heavy (non-hydrogen) atoms. The van der Waals surface area contributed by atoms with E-state index in [2.05, 4.69) is 67.3 Å². The molecule has 0 amide bonds. The minimum Gasteiger partial charge on any atom is -0.352 e. The molecule has 0 aliphatic carbocycles. The van der Waals surface area contributed by atoms with E-state index in [0.29, 0.717) is 11.7 Å². The molecule has 4 aromatic rings. The lowest BCUT2D eigenvalue weighted by molar-refractivity contribution is 0.299. The van der Waals surface area contributed by atoms with Crippen molar-refractivity contribution in [3.05, 3.63) is 115 Å². The van der Waals surface area contributed by atoms with Crippen molar-refractivity contribution in [1.82, 2.24) is 24.8 Å². The lowest BCUT2D eigenvalue weighted by atomic mass is 10.0. The van der Waals surface area contributed by atoms with Gasteiger partial charge in [0.2, 0.25) is 0 Å². The van der Waals surface area contributed by atoms with E-state index in [1.54, 1.807) is 0 Å². The molecule has 5 nitrogen and oxygen atoms in total. The Balaban J connectivity index is 1.60. The van der Waals surface area contributed by atoms with Crippen LogP contribution in [-0.2, 0) is 6.54 Å². The van der Waals surface area contributed by atoms with Crippen molar-refractivity contribution in [3.63, 3.8) is 0 Å². The quantitative estimate of drug-likeness (QED) is 0.492. The van der Waals surface area contributed by atoms with E-state index in [4.69, 9.17) is 12.2 Å². The lowest BCUT2D eigenvalue weighted by Gasteiger charge is -2.28. The number of nitrogens with zero attached hydrogens (tertiary/aromatic N) is 4. The van der Waals surface area contributed by atoms with Crippen LogP contribution in [0.3, 0.4) is 0 Å². The molecule has 0 radical (unpaired) electrons. The zero-order valence-corrected chi connectivity index (χ0v) is 17.1. The van der Waals surface area contributed by atoms with Crippen LogP contribution in [0, 0.1) is 0 Å². The van der Waals surface area contributed by atoms with Crippen LogP contribution in [0.15, 0.2) is 97.5 Å². The molecule has 1 saturated heterocycles. The summed E-state index contributed by atoms with van der Waals surface area (Å²) >= 11 is 5.78. The summed E-state index contributed by atoms with van der Waals surface area (Å²) in [5.41, 5.74) is 4.22. The lowest BCUT2D eigenvalue weighted by Crippen LogP contribution is -2.30. The predicted octanol–water partition coefficient (Wildman–Crippen LogP) is 4.44. The minimum absolute atomic E-state index is 0.0235. The molecule has 0 bridgehead atoms. The molecule has 148 valence electrons. The Labute approximate surface area is 181 Å². The summed E-state index contributed by atoms with van der Waals surface area (Å²) in [5.74, 6) is 0. The second-order valence-electron chi connectivity index (χ2n) is 7.21. The van der Waals surface area contributed by atoms with Gasteiger partial charge in [0.25, 0.3) is 0 Å². The zero-order chi connectivity index (χ0) is 20.3. The highest BCUT2D eigenvalue weighted by atomic mass is 32.1. The van der Waals surface area contributed by atoms with Crippen molar-refractivity contribution in [1.29, 1.82) is 0 Å². The van der Waals surface area contributed by atoms with Crippen LogP contribution in [0.25, 0.3) is 5.69 Å². The maximum atomic E-state index is 5.78. The molecule has 0 saturated carbocycles. The van der Waals surface area contributed by atoms with Crippen molar-refractivity contribution in [3.8, 4) is 5.69 Å². The molecule has 1 aliphatic rings. The second-order valence-corrected chi connectivity index (χ2v) is 7.60. The van der Waals surface area contributed by atoms with Crippen molar-refractivity contribution in [2.24, 2.45) is 0 Å². The first-order chi connectivity index (χ1) is 14.8. The topological polar surface area (TPSA) is 46.0 Å². The van der Waals surface area contributed by atoms with E-state index in [1.165, 1.54) is 0 Å². The SMILES string of the molecule is S=C1N[C@@H](c2ccccn2)[C@@H](c2cccn2-c2ccccc2)N1Cc1ccccn1. The number of benzene rings is 1. The summed E-state index contributed by atoms with van der Waals surface area (Å²) < 4.78 is 2.22. The van der Waals surface area contributed by atoms with Crippen LogP contribution in [-0.4, -0.2) is 24.5 Å². The summed E-state index contributed by atoms with van der Waals surface area (Å²) in [6.45, 7) is 0.626. The predicted molar refractivity (Wildman–Crippen MR) is 121 cm³/mol. The van der Waals surface area contributed by atoms with Gasteiger partial charge in [-0.3, -0.25) is 9.97 Å². The molecule has 4 heterocycles. The van der Waals surface area contributed by atoms with Crippen LogP contribution in [0.1, 0.15) is 29.2 Å². The van der Waals surface area contributed by atoms with E-state index in [0.717, 1.165) is 22.8 Å². The Morgan fingerprint density at radius 1 is 0.833 bits per heavy atom. The Morgan fingerprint density at radius 3 is 2.33 bits per heavy atom. The third-order valence-electron chi connectivity index (χ3n) is 5.37. The molecule has 0 unspecified atom stereocenters. The highest BCUT2D eigenvalue weighted by Crippen LogP contribution is 2.40. The van der Waals surface area contributed by atoms with Gasteiger partial charge in [-0.2, -0.15) is 0 Å². The van der Waals surface area contributed by atoms with Gasteiger partial charge in [-0.05, 0) is 60.7 Å². The smallest absolute Gasteiger partial charge is 0.170 e. The summed E-state index contributed by atoms with van der Waals surface area (Å²) in [4.78, 5) is 11.4. The van der Waals surface area contributed by atoms with Gasteiger partial charge in [-0.25, -0.2) is 0 Å². The van der Waals surface area contributed by atoms with E-state index < -0.39 is 0 Å². The fourth-order valence-corrected chi connectivity index (χ4v) is 4.33. The van der Waals surface area contributed by atoms with Crippen LogP contribution in [0.4, 0.5) is 0 Å². The monoisotopic (exact) mass is 411 g/mol. The van der Waals surface area contributed by atoms with Crippen molar-refractivity contribution in [2.45, 2.75) is 18.6 Å². The molecular formula is C24H21N5S. The third-order valence-corrected chi connectivity index (χ3v) is 5.73. The van der Waals surface area contributed by atoms with Gasteiger partial charge in [0.05, 0.1) is 30.0 Å². The average Bonchev–Trinajstić information content (AvgIpc) is 3.40. The number of para-hydroxylation sites is 1. The van der Waals surface area contributed by atoms with Crippen LogP contribution >= 0.6 is 12.2 Å². The molecule has 6 heteroatoms. The van der Waals surface area contributed by atoms with E-state index in [-0.39, 0.29) is 12.1 Å². The van der Waals surface area contributed by atoms with Crippen LogP contribution in [0.5, 0.6) is 0 Å². The van der Waals surface area contributed by atoms with Gasteiger partial charge in [0.1, 0.15) is 0 Å². The average molecular weight is 412 g/mol. The van der Waals surface area contributed by atoms with Crippen molar-refractivity contribution >= 4 is 17.3 Å². The first kappa shape index (κ1) is 18.5. The maximum Gasteiger partial charge on any atom is 0.170 e. The molecule has 1 aliphatic heterocycles. The highest BCUT2D eigenvalue weighted by Gasteiger charge is 2.41. The van der Waals surface area contributed by atoms with Gasteiger partial charge >= 0.3 is 0 Å². The molecule has 1 aromatic carbocycles. The Kier molecular flexibility index (Phi) is 4.99. The summed E-state index contributed by atoms with van der Waals surface area (Å²) in [6, 6.07) is 26.5. The van der Waals surface area contributed by atoms with Crippen molar-refractivity contribution < 1.29 is 0 Å². The number of pyridine rings is 2. The summed E-state index contributed by atoms with van der Waals surface area (Å²) in [5, 5.41) is 4.22. The minimum atomic E-state index is -0.0558. The Morgan fingerprint density at radius 2 is 1.60 bits per heavy atom. The molecule has 1 fully saturated rings. The largest absolute Gasteiger partial charge is 0.352 e. The number of hydrogen-bond acceptors (Lipinski definition) is 3.